The Labute approximate surface area is 138 Å². The normalized spacial score (nSPS) is 10.9. The van der Waals surface area contributed by atoms with Gasteiger partial charge in [0, 0.05) is 26.3 Å². The van der Waals surface area contributed by atoms with E-state index in [1.807, 2.05) is 0 Å². The summed E-state index contributed by atoms with van der Waals surface area (Å²) >= 11 is 10.2. The summed E-state index contributed by atoms with van der Waals surface area (Å²) < 4.78 is 24.4. The van der Waals surface area contributed by atoms with Crippen molar-refractivity contribution in [3.05, 3.63) is 32.5 Å². The van der Waals surface area contributed by atoms with E-state index in [2.05, 4.69) is 31.4 Å². The quantitative estimate of drug-likeness (QED) is 0.572. The first-order valence-electron chi connectivity index (χ1n) is 5.94. The van der Waals surface area contributed by atoms with Crippen LogP contribution in [0.1, 0.15) is 5.01 Å². The highest BCUT2D eigenvalue weighted by atomic mass is 79.9. The fraction of sp³-hybridized carbons (Fsp3) is 0.333. The number of benzene rings is 1. The zero-order valence-corrected chi connectivity index (χ0v) is 14.2. The lowest BCUT2D eigenvalue weighted by molar-refractivity contribution is 0.199. The van der Waals surface area contributed by atoms with Crippen LogP contribution in [0.15, 0.2) is 16.6 Å². The van der Waals surface area contributed by atoms with Gasteiger partial charge in [-0.3, -0.25) is 0 Å². The van der Waals surface area contributed by atoms with Crippen LogP contribution in [0.4, 0.5) is 4.39 Å². The minimum atomic E-state index is -0.555. The van der Waals surface area contributed by atoms with Crippen LogP contribution in [-0.2, 0) is 11.3 Å². The van der Waals surface area contributed by atoms with Crippen LogP contribution >= 0.6 is 38.9 Å². The molecule has 5 nitrogen and oxygen atoms in total. The van der Waals surface area contributed by atoms with Crippen LogP contribution in [0.25, 0.3) is 0 Å². The molecule has 0 unspecified atom stereocenters. The van der Waals surface area contributed by atoms with Crippen molar-refractivity contribution in [3.63, 3.8) is 0 Å². The van der Waals surface area contributed by atoms with Crippen LogP contribution < -0.4 is 10.1 Å². The Morgan fingerprint density at radius 2 is 2.24 bits per heavy atom. The molecule has 9 heteroatoms. The lowest BCUT2D eigenvalue weighted by atomic mass is 10.3. The SMILES string of the molecule is COCCNCc1nnc(Oc2cc(F)c(Cl)cc2Br)s1. The molecule has 0 aliphatic rings. The molecule has 0 saturated carbocycles. The molecule has 1 aromatic carbocycles. The summed E-state index contributed by atoms with van der Waals surface area (Å²) in [6, 6.07) is 2.63. The van der Waals surface area contributed by atoms with Gasteiger partial charge in [0.2, 0.25) is 0 Å². The van der Waals surface area contributed by atoms with Crippen LogP contribution in [0, 0.1) is 5.82 Å². The molecule has 0 aliphatic carbocycles. The highest BCUT2D eigenvalue weighted by Crippen LogP contribution is 2.34. The Bertz CT molecular complexity index is 614. The third-order valence-corrected chi connectivity index (χ3v) is 4.09. The first-order valence-corrected chi connectivity index (χ1v) is 7.93. The van der Waals surface area contributed by atoms with Gasteiger partial charge in [-0.25, -0.2) is 4.39 Å². The van der Waals surface area contributed by atoms with E-state index in [4.69, 9.17) is 21.1 Å². The Morgan fingerprint density at radius 3 is 3.00 bits per heavy atom. The molecule has 0 atom stereocenters. The van der Waals surface area contributed by atoms with Gasteiger partial charge in [0.25, 0.3) is 5.19 Å². The molecular weight excluding hydrogens is 385 g/mol. The van der Waals surface area contributed by atoms with Crippen molar-refractivity contribution >= 4 is 38.9 Å². The van der Waals surface area contributed by atoms with Crippen molar-refractivity contribution in [2.24, 2.45) is 0 Å². The number of nitrogens with one attached hydrogen (secondary N) is 1. The molecule has 114 valence electrons. The molecule has 21 heavy (non-hydrogen) atoms. The zero-order chi connectivity index (χ0) is 15.2. The van der Waals surface area contributed by atoms with E-state index < -0.39 is 5.82 Å². The number of ether oxygens (including phenoxy) is 2. The number of nitrogens with zero attached hydrogens (tertiary/aromatic N) is 2. The molecule has 2 aromatic rings. The van der Waals surface area contributed by atoms with Crippen LogP contribution in [0.3, 0.4) is 0 Å². The van der Waals surface area contributed by atoms with Crippen molar-refractivity contribution in [3.8, 4) is 10.9 Å². The standard InChI is InChI=1S/C12H12BrClFN3O2S/c1-19-3-2-16-6-11-17-18-12(21-11)20-10-5-9(15)8(14)4-7(10)13/h4-5,16H,2-3,6H2,1H3. The number of halogens is 3. The average molecular weight is 397 g/mol. The smallest absolute Gasteiger partial charge is 0.299 e. The van der Waals surface area contributed by atoms with E-state index in [9.17, 15) is 4.39 Å². The van der Waals surface area contributed by atoms with Crippen molar-refractivity contribution < 1.29 is 13.9 Å². The number of hydrogen-bond acceptors (Lipinski definition) is 6. The molecule has 0 fully saturated rings. The molecule has 0 aliphatic heterocycles. The topological polar surface area (TPSA) is 56.3 Å². The fourth-order valence-electron chi connectivity index (χ4n) is 1.40. The molecule has 0 spiro atoms. The molecular formula is C12H12BrClFN3O2S. The summed E-state index contributed by atoms with van der Waals surface area (Å²) in [6.45, 7) is 1.92. The van der Waals surface area contributed by atoms with Crippen molar-refractivity contribution in [2.75, 3.05) is 20.3 Å². The van der Waals surface area contributed by atoms with E-state index >= 15 is 0 Å². The summed E-state index contributed by atoms with van der Waals surface area (Å²) in [5, 5.41) is 12.2. The summed E-state index contributed by atoms with van der Waals surface area (Å²) in [5.74, 6) is -0.257. The fourth-order valence-corrected chi connectivity index (χ4v) is 2.79. The predicted octanol–water partition coefficient (Wildman–Crippen LogP) is 3.62. The second kappa shape index (κ2) is 8.00. The Balaban J connectivity index is 1.97. The maximum atomic E-state index is 13.4. The summed E-state index contributed by atoms with van der Waals surface area (Å²) in [5.41, 5.74) is 0. The van der Waals surface area contributed by atoms with Gasteiger partial charge in [0.1, 0.15) is 16.6 Å². The zero-order valence-electron chi connectivity index (χ0n) is 11.0. The number of methoxy groups -OCH3 is 1. The number of hydrogen-bond donors (Lipinski definition) is 1. The predicted molar refractivity (Wildman–Crippen MR) is 82.7 cm³/mol. The highest BCUT2D eigenvalue weighted by Gasteiger charge is 2.12. The van der Waals surface area contributed by atoms with Crippen molar-refractivity contribution in [1.82, 2.24) is 15.5 Å². The van der Waals surface area contributed by atoms with Gasteiger partial charge in [0.05, 0.1) is 16.1 Å². The second-order valence-corrected chi connectivity index (χ2v) is 6.22. The van der Waals surface area contributed by atoms with Gasteiger partial charge in [0.15, 0.2) is 0 Å². The van der Waals surface area contributed by atoms with Crippen LogP contribution in [-0.4, -0.2) is 30.5 Å². The van der Waals surface area contributed by atoms with E-state index in [1.54, 1.807) is 7.11 Å². The Morgan fingerprint density at radius 1 is 1.43 bits per heavy atom. The van der Waals surface area contributed by atoms with E-state index in [-0.39, 0.29) is 5.02 Å². The minimum absolute atomic E-state index is 0.0227. The second-order valence-electron chi connectivity index (χ2n) is 3.93. The average Bonchev–Trinajstić information content (AvgIpc) is 2.89. The van der Waals surface area contributed by atoms with Gasteiger partial charge >= 0.3 is 0 Å². The summed E-state index contributed by atoms with van der Waals surface area (Å²) in [7, 11) is 1.64. The van der Waals surface area contributed by atoms with E-state index in [0.29, 0.717) is 28.6 Å². The molecule has 1 heterocycles. The molecule has 0 amide bonds. The number of rotatable bonds is 7. The molecule has 1 N–H and O–H groups in total. The first kappa shape index (κ1) is 16.6. The van der Waals surface area contributed by atoms with Gasteiger partial charge in [-0.15, -0.1) is 5.10 Å². The molecule has 0 bridgehead atoms. The third kappa shape index (κ3) is 4.86. The maximum absolute atomic E-state index is 13.4. The van der Waals surface area contributed by atoms with E-state index in [0.717, 1.165) is 11.6 Å². The highest BCUT2D eigenvalue weighted by molar-refractivity contribution is 9.10. The van der Waals surface area contributed by atoms with Crippen molar-refractivity contribution in [2.45, 2.75) is 6.54 Å². The maximum Gasteiger partial charge on any atom is 0.299 e. The van der Waals surface area contributed by atoms with Gasteiger partial charge in [-0.05, 0) is 22.0 Å². The van der Waals surface area contributed by atoms with E-state index in [1.165, 1.54) is 23.5 Å². The molecule has 0 radical (unpaired) electrons. The lowest BCUT2D eigenvalue weighted by Gasteiger charge is -2.05. The van der Waals surface area contributed by atoms with Crippen LogP contribution in [0.5, 0.6) is 10.9 Å². The van der Waals surface area contributed by atoms with Gasteiger partial charge in [-0.1, -0.05) is 28.0 Å². The largest absolute Gasteiger partial charge is 0.428 e. The Kier molecular flexibility index (Phi) is 6.31. The third-order valence-electron chi connectivity index (χ3n) is 2.38. The van der Waals surface area contributed by atoms with Gasteiger partial charge < -0.3 is 14.8 Å². The molecule has 0 saturated heterocycles. The van der Waals surface area contributed by atoms with Crippen LogP contribution in [0.2, 0.25) is 5.02 Å². The molecule has 2 rings (SSSR count). The lowest BCUT2D eigenvalue weighted by Crippen LogP contribution is -2.18. The molecule has 1 aromatic heterocycles. The monoisotopic (exact) mass is 395 g/mol. The minimum Gasteiger partial charge on any atom is -0.428 e. The number of aromatic nitrogens is 2. The Hall–Kier alpha value is -0.800. The summed E-state index contributed by atoms with van der Waals surface area (Å²) in [6.07, 6.45) is 0. The van der Waals surface area contributed by atoms with Crippen molar-refractivity contribution in [1.29, 1.82) is 0 Å². The van der Waals surface area contributed by atoms with Gasteiger partial charge in [-0.2, -0.15) is 0 Å². The first-order chi connectivity index (χ1) is 10.1. The summed E-state index contributed by atoms with van der Waals surface area (Å²) in [4.78, 5) is 0.